The number of nitrogens with one attached hydrogen (secondary N) is 2. The number of nitrogens with zero attached hydrogens (tertiary/aromatic N) is 1. The van der Waals surface area contributed by atoms with Crippen molar-refractivity contribution in [1.82, 2.24) is 15.3 Å². The first-order valence-electron chi connectivity index (χ1n) is 4.13. The Morgan fingerprint density at radius 1 is 1.75 bits per heavy atom. The Labute approximate surface area is 76.6 Å². The average Bonchev–Trinajstić information content (AvgIpc) is 2.74. The standard InChI is InChI=1S/C8H11N3S/c12-8(7-4-9-5-11-7)10-3-6-1-2-6/h4-6H,1-3H2,(H,9,11)(H,10,12). The molecule has 0 amide bonds. The molecule has 3 nitrogen and oxygen atoms in total. The van der Waals surface area contributed by atoms with E-state index in [4.69, 9.17) is 12.2 Å². The highest BCUT2D eigenvalue weighted by molar-refractivity contribution is 7.80. The van der Waals surface area contributed by atoms with E-state index in [-0.39, 0.29) is 0 Å². The third kappa shape index (κ3) is 1.82. The molecular formula is C8H11N3S. The lowest BCUT2D eigenvalue weighted by Crippen LogP contribution is -2.24. The molecule has 64 valence electrons. The topological polar surface area (TPSA) is 40.7 Å². The van der Waals surface area contributed by atoms with Crippen molar-refractivity contribution in [2.24, 2.45) is 5.92 Å². The van der Waals surface area contributed by atoms with Crippen LogP contribution in [-0.4, -0.2) is 21.5 Å². The first kappa shape index (κ1) is 7.73. The molecule has 1 aliphatic carbocycles. The minimum absolute atomic E-state index is 0.777. The van der Waals surface area contributed by atoms with Crippen LogP contribution in [0.25, 0.3) is 0 Å². The van der Waals surface area contributed by atoms with Crippen molar-refractivity contribution in [1.29, 1.82) is 0 Å². The fourth-order valence-electron chi connectivity index (χ4n) is 1.03. The summed E-state index contributed by atoms with van der Waals surface area (Å²) in [6.07, 6.45) is 6.07. The van der Waals surface area contributed by atoms with Crippen molar-refractivity contribution in [3.63, 3.8) is 0 Å². The number of H-pyrrole nitrogens is 1. The molecule has 4 heteroatoms. The van der Waals surface area contributed by atoms with Gasteiger partial charge in [-0.25, -0.2) is 4.98 Å². The van der Waals surface area contributed by atoms with Gasteiger partial charge in [0, 0.05) is 6.54 Å². The van der Waals surface area contributed by atoms with Gasteiger partial charge in [-0.1, -0.05) is 12.2 Å². The van der Waals surface area contributed by atoms with Crippen molar-refractivity contribution in [3.8, 4) is 0 Å². The second-order valence-corrected chi connectivity index (χ2v) is 3.53. The summed E-state index contributed by atoms with van der Waals surface area (Å²) in [5.41, 5.74) is 0.908. The van der Waals surface area contributed by atoms with E-state index in [0.717, 1.165) is 23.1 Å². The Hall–Kier alpha value is -0.900. The number of thiocarbonyl (C=S) groups is 1. The van der Waals surface area contributed by atoms with Crippen molar-refractivity contribution in [2.75, 3.05) is 6.54 Å². The number of aromatic nitrogens is 2. The SMILES string of the molecule is S=C(NCC1CC1)c1cnc[nH]1. The van der Waals surface area contributed by atoms with Crippen LogP contribution in [0.1, 0.15) is 18.5 Å². The molecule has 0 unspecified atom stereocenters. The van der Waals surface area contributed by atoms with Gasteiger partial charge in [-0.05, 0) is 18.8 Å². The predicted octanol–water partition coefficient (Wildman–Crippen LogP) is 1.08. The van der Waals surface area contributed by atoms with Gasteiger partial charge < -0.3 is 10.3 Å². The number of hydrogen-bond donors (Lipinski definition) is 2. The van der Waals surface area contributed by atoms with Crippen LogP contribution in [0.5, 0.6) is 0 Å². The summed E-state index contributed by atoms with van der Waals surface area (Å²) in [5.74, 6) is 0.853. The molecule has 1 aliphatic rings. The zero-order chi connectivity index (χ0) is 8.39. The van der Waals surface area contributed by atoms with Crippen LogP contribution < -0.4 is 5.32 Å². The molecule has 0 atom stereocenters. The molecule has 1 fully saturated rings. The van der Waals surface area contributed by atoms with Crippen LogP contribution in [0.15, 0.2) is 12.5 Å². The second kappa shape index (κ2) is 3.23. The van der Waals surface area contributed by atoms with Crippen LogP contribution in [0.4, 0.5) is 0 Å². The number of aromatic amines is 1. The first-order chi connectivity index (χ1) is 5.86. The normalized spacial score (nSPS) is 16.0. The van der Waals surface area contributed by atoms with Crippen LogP contribution in [0, 0.1) is 5.92 Å². The summed E-state index contributed by atoms with van der Waals surface area (Å²) in [6, 6.07) is 0. The maximum Gasteiger partial charge on any atom is 0.124 e. The minimum Gasteiger partial charge on any atom is -0.374 e. The van der Waals surface area contributed by atoms with Crippen molar-refractivity contribution < 1.29 is 0 Å². The molecule has 0 aliphatic heterocycles. The number of imidazole rings is 1. The highest BCUT2D eigenvalue weighted by Gasteiger charge is 2.21. The average molecular weight is 181 g/mol. The van der Waals surface area contributed by atoms with Crippen LogP contribution in [0.2, 0.25) is 0 Å². The van der Waals surface area contributed by atoms with Crippen molar-refractivity contribution in [2.45, 2.75) is 12.8 Å². The summed E-state index contributed by atoms with van der Waals surface area (Å²) in [7, 11) is 0. The third-order valence-corrected chi connectivity index (χ3v) is 2.36. The summed E-state index contributed by atoms with van der Waals surface area (Å²) in [6.45, 7) is 1.01. The molecule has 0 saturated heterocycles. The van der Waals surface area contributed by atoms with Gasteiger partial charge in [0.05, 0.1) is 18.2 Å². The molecule has 2 N–H and O–H groups in total. The van der Waals surface area contributed by atoms with Crippen molar-refractivity contribution in [3.05, 3.63) is 18.2 Å². The fraction of sp³-hybridized carbons (Fsp3) is 0.500. The Balaban J connectivity index is 1.83. The monoisotopic (exact) mass is 181 g/mol. The number of hydrogen-bond acceptors (Lipinski definition) is 2. The molecule has 1 saturated carbocycles. The molecule has 1 aromatic rings. The van der Waals surface area contributed by atoms with E-state index in [1.807, 2.05) is 0 Å². The van der Waals surface area contributed by atoms with Gasteiger partial charge in [0.15, 0.2) is 0 Å². The van der Waals surface area contributed by atoms with Crippen LogP contribution in [0.3, 0.4) is 0 Å². The zero-order valence-electron chi connectivity index (χ0n) is 6.71. The lowest BCUT2D eigenvalue weighted by Gasteiger charge is -2.03. The van der Waals surface area contributed by atoms with Gasteiger partial charge in [0.25, 0.3) is 0 Å². The van der Waals surface area contributed by atoms with Gasteiger partial charge in [-0.2, -0.15) is 0 Å². The largest absolute Gasteiger partial charge is 0.374 e. The van der Waals surface area contributed by atoms with E-state index >= 15 is 0 Å². The van der Waals surface area contributed by atoms with E-state index in [2.05, 4.69) is 15.3 Å². The molecule has 0 aromatic carbocycles. The Bertz CT molecular complexity index is 264. The van der Waals surface area contributed by atoms with Gasteiger partial charge in [-0.3, -0.25) is 0 Å². The molecule has 12 heavy (non-hydrogen) atoms. The molecule has 0 radical (unpaired) electrons. The van der Waals surface area contributed by atoms with E-state index in [9.17, 15) is 0 Å². The zero-order valence-corrected chi connectivity index (χ0v) is 7.53. The maximum atomic E-state index is 5.14. The highest BCUT2D eigenvalue weighted by Crippen LogP contribution is 2.27. The third-order valence-electron chi connectivity index (χ3n) is 1.99. The molecule has 0 bridgehead atoms. The summed E-state index contributed by atoms with van der Waals surface area (Å²) in [5, 5.41) is 3.21. The minimum atomic E-state index is 0.777. The Morgan fingerprint density at radius 3 is 3.17 bits per heavy atom. The molecule has 0 spiro atoms. The smallest absolute Gasteiger partial charge is 0.124 e. The Kier molecular flexibility index (Phi) is 2.08. The van der Waals surface area contributed by atoms with Gasteiger partial charge >= 0.3 is 0 Å². The van der Waals surface area contributed by atoms with E-state index in [1.165, 1.54) is 12.8 Å². The lowest BCUT2D eigenvalue weighted by molar-refractivity contribution is 0.778. The summed E-state index contributed by atoms with van der Waals surface area (Å²) >= 11 is 5.14. The molecule has 1 aromatic heterocycles. The van der Waals surface area contributed by atoms with Crippen LogP contribution in [-0.2, 0) is 0 Å². The maximum absolute atomic E-state index is 5.14. The fourth-order valence-corrected chi connectivity index (χ4v) is 1.23. The number of rotatable bonds is 3. The summed E-state index contributed by atoms with van der Waals surface area (Å²) < 4.78 is 0. The van der Waals surface area contributed by atoms with E-state index in [1.54, 1.807) is 12.5 Å². The van der Waals surface area contributed by atoms with Gasteiger partial charge in [0.2, 0.25) is 0 Å². The van der Waals surface area contributed by atoms with Gasteiger partial charge in [0.1, 0.15) is 4.99 Å². The second-order valence-electron chi connectivity index (χ2n) is 3.12. The Morgan fingerprint density at radius 2 is 2.58 bits per heavy atom. The predicted molar refractivity (Wildman–Crippen MR) is 51.0 cm³/mol. The van der Waals surface area contributed by atoms with Crippen molar-refractivity contribution >= 4 is 17.2 Å². The molecular weight excluding hydrogens is 170 g/mol. The molecule has 1 heterocycles. The van der Waals surface area contributed by atoms with Gasteiger partial charge in [-0.15, -0.1) is 0 Å². The quantitative estimate of drug-likeness (QED) is 0.686. The van der Waals surface area contributed by atoms with E-state index in [0.29, 0.717) is 0 Å². The summed E-state index contributed by atoms with van der Waals surface area (Å²) in [4.78, 5) is 7.65. The van der Waals surface area contributed by atoms with Crippen LogP contribution >= 0.6 is 12.2 Å². The highest BCUT2D eigenvalue weighted by atomic mass is 32.1. The van der Waals surface area contributed by atoms with E-state index < -0.39 is 0 Å². The molecule has 2 rings (SSSR count). The first-order valence-corrected chi connectivity index (χ1v) is 4.53. The lowest BCUT2D eigenvalue weighted by atomic mass is 10.4.